The largest absolute Gasteiger partial charge is 0.385 e. The van der Waals surface area contributed by atoms with Crippen molar-refractivity contribution in [3.8, 4) is 11.3 Å². The molecular formula is C14H17F2N3O. The summed E-state index contributed by atoms with van der Waals surface area (Å²) in [6, 6.07) is 1.99. The molecule has 1 aromatic carbocycles. The second-order valence-corrected chi connectivity index (χ2v) is 4.65. The van der Waals surface area contributed by atoms with Gasteiger partial charge in [-0.25, -0.2) is 13.8 Å². The number of imidazole rings is 1. The fourth-order valence-corrected chi connectivity index (χ4v) is 1.90. The monoisotopic (exact) mass is 281 g/mol. The van der Waals surface area contributed by atoms with Gasteiger partial charge in [-0.2, -0.15) is 0 Å². The number of ether oxygens (including phenoxy) is 1. The predicted molar refractivity (Wildman–Crippen MR) is 72.1 cm³/mol. The third-order valence-electron chi connectivity index (χ3n) is 3.12. The third kappa shape index (κ3) is 3.02. The first-order chi connectivity index (χ1) is 9.52. The number of aromatic amines is 1. The summed E-state index contributed by atoms with van der Waals surface area (Å²) < 4.78 is 32.3. The van der Waals surface area contributed by atoms with Crippen molar-refractivity contribution in [2.75, 3.05) is 13.7 Å². The summed E-state index contributed by atoms with van der Waals surface area (Å²) in [7, 11) is 1.59. The Kier molecular flexibility index (Phi) is 4.46. The van der Waals surface area contributed by atoms with Crippen molar-refractivity contribution in [3.05, 3.63) is 41.4 Å². The lowest BCUT2D eigenvalue weighted by Crippen LogP contribution is -2.14. The van der Waals surface area contributed by atoms with Gasteiger partial charge in [0.25, 0.3) is 0 Å². The van der Waals surface area contributed by atoms with Gasteiger partial charge in [-0.15, -0.1) is 0 Å². The molecule has 0 aliphatic heterocycles. The fourth-order valence-electron chi connectivity index (χ4n) is 1.90. The number of hydrogen-bond donors (Lipinski definition) is 2. The van der Waals surface area contributed by atoms with Gasteiger partial charge in [0.15, 0.2) is 0 Å². The zero-order valence-corrected chi connectivity index (χ0v) is 11.4. The van der Waals surface area contributed by atoms with Crippen molar-refractivity contribution in [2.24, 2.45) is 5.73 Å². The van der Waals surface area contributed by atoms with Crippen LogP contribution in [0.5, 0.6) is 0 Å². The lowest BCUT2D eigenvalue weighted by molar-refractivity contribution is 0.187. The summed E-state index contributed by atoms with van der Waals surface area (Å²) in [5, 5.41) is 0. The van der Waals surface area contributed by atoms with Gasteiger partial charge in [0, 0.05) is 19.3 Å². The van der Waals surface area contributed by atoms with Crippen LogP contribution in [0.15, 0.2) is 18.3 Å². The average Bonchev–Trinajstić information content (AvgIpc) is 2.89. The van der Waals surface area contributed by atoms with Crippen LogP contribution in [-0.2, 0) is 4.74 Å². The van der Waals surface area contributed by atoms with Crippen LogP contribution in [0.1, 0.15) is 23.9 Å². The number of methoxy groups -OCH3 is 1. The molecule has 4 nitrogen and oxygen atoms in total. The molecule has 1 atom stereocenters. The molecule has 0 saturated carbocycles. The smallest absolute Gasteiger partial charge is 0.133 e. The molecule has 2 aromatic rings. The van der Waals surface area contributed by atoms with Crippen LogP contribution in [0.25, 0.3) is 11.3 Å². The Morgan fingerprint density at radius 1 is 1.35 bits per heavy atom. The van der Waals surface area contributed by atoms with Gasteiger partial charge in [-0.05, 0) is 31.0 Å². The second kappa shape index (κ2) is 6.11. The number of nitrogens with zero attached hydrogens (tertiary/aromatic N) is 1. The molecule has 0 aliphatic rings. The molecule has 0 fully saturated rings. The Morgan fingerprint density at radius 2 is 2.10 bits per heavy atom. The Labute approximate surface area is 116 Å². The molecule has 0 bridgehead atoms. The van der Waals surface area contributed by atoms with Gasteiger partial charge >= 0.3 is 0 Å². The molecule has 108 valence electrons. The quantitative estimate of drug-likeness (QED) is 0.885. The number of nitrogens with two attached hydrogens (primary N) is 1. The highest BCUT2D eigenvalue weighted by molar-refractivity contribution is 5.60. The molecule has 6 heteroatoms. The number of hydrogen-bond acceptors (Lipinski definition) is 3. The molecule has 2 rings (SSSR count). The number of aryl methyl sites for hydroxylation is 1. The molecule has 1 heterocycles. The highest BCUT2D eigenvalue weighted by Gasteiger charge is 2.14. The molecule has 0 saturated heterocycles. The normalized spacial score (nSPS) is 12.7. The minimum Gasteiger partial charge on any atom is -0.385 e. The van der Waals surface area contributed by atoms with Crippen molar-refractivity contribution in [3.63, 3.8) is 0 Å². The topological polar surface area (TPSA) is 63.9 Å². The lowest BCUT2D eigenvalue weighted by atomic mass is 10.1. The van der Waals surface area contributed by atoms with Gasteiger partial charge in [-0.3, -0.25) is 0 Å². The summed E-state index contributed by atoms with van der Waals surface area (Å²) in [6.45, 7) is 2.02. The van der Waals surface area contributed by atoms with E-state index in [9.17, 15) is 8.78 Å². The van der Waals surface area contributed by atoms with Crippen molar-refractivity contribution in [1.29, 1.82) is 0 Å². The van der Waals surface area contributed by atoms with Crippen molar-refractivity contribution in [2.45, 2.75) is 19.4 Å². The molecule has 1 aromatic heterocycles. The van der Waals surface area contributed by atoms with Crippen molar-refractivity contribution >= 4 is 0 Å². The van der Waals surface area contributed by atoms with Crippen LogP contribution in [0.3, 0.4) is 0 Å². The minimum atomic E-state index is -0.496. The maximum absolute atomic E-state index is 13.9. The van der Waals surface area contributed by atoms with E-state index in [2.05, 4.69) is 9.97 Å². The van der Waals surface area contributed by atoms with Gasteiger partial charge in [-0.1, -0.05) is 0 Å². The summed E-state index contributed by atoms with van der Waals surface area (Å²) >= 11 is 0. The molecule has 0 radical (unpaired) electrons. The highest BCUT2D eigenvalue weighted by Crippen LogP contribution is 2.25. The van der Waals surface area contributed by atoms with E-state index in [1.54, 1.807) is 7.11 Å². The highest BCUT2D eigenvalue weighted by atomic mass is 19.1. The maximum Gasteiger partial charge on any atom is 0.133 e. The van der Waals surface area contributed by atoms with Crippen molar-refractivity contribution in [1.82, 2.24) is 9.97 Å². The van der Waals surface area contributed by atoms with Crippen LogP contribution < -0.4 is 5.73 Å². The Balaban J connectivity index is 2.27. The Hall–Kier alpha value is -1.79. The van der Waals surface area contributed by atoms with E-state index in [4.69, 9.17) is 10.5 Å². The van der Waals surface area contributed by atoms with E-state index in [0.717, 1.165) is 12.1 Å². The van der Waals surface area contributed by atoms with Crippen LogP contribution in [0, 0.1) is 18.6 Å². The lowest BCUT2D eigenvalue weighted by Gasteiger charge is -2.07. The SMILES string of the molecule is COCCC(N)c1ncc(-c2cc(F)c(C)cc2F)[nH]1. The van der Waals surface area contributed by atoms with Gasteiger partial charge < -0.3 is 15.5 Å². The standard InChI is InChI=1S/C14H17F2N3O/c1-8-5-11(16)9(6-10(8)15)13-7-18-14(19-13)12(17)3-4-20-2/h5-7,12H,3-4,17H2,1-2H3,(H,18,19). The minimum absolute atomic E-state index is 0.144. The van der Waals surface area contributed by atoms with Crippen LogP contribution >= 0.6 is 0 Å². The maximum atomic E-state index is 13.9. The first-order valence-electron chi connectivity index (χ1n) is 6.28. The predicted octanol–water partition coefficient (Wildman–Crippen LogP) is 2.70. The number of rotatable bonds is 5. The molecule has 0 aliphatic carbocycles. The van der Waals surface area contributed by atoms with Gasteiger partial charge in [0.2, 0.25) is 0 Å². The third-order valence-corrected chi connectivity index (χ3v) is 3.12. The van der Waals surface area contributed by atoms with Crippen LogP contribution in [0.2, 0.25) is 0 Å². The van der Waals surface area contributed by atoms with Gasteiger partial charge in [0.1, 0.15) is 17.5 Å². The number of H-pyrrole nitrogens is 1. The van der Waals surface area contributed by atoms with E-state index < -0.39 is 11.6 Å². The number of aromatic nitrogens is 2. The first kappa shape index (κ1) is 14.6. The van der Waals surface area contributed by atoms with Crippen molar-refractivity contribution < 1.29 is 13.5 Å². The Bertz CT molecular complexity index is 598. The van der Waals surface area contributed by atoms with Crippen LogP contribution in [0.4, 0.5) is 8.78 Å². The molecule has 20 heavy (non-hydrogen) atoms. The van der Waals surface area contributed by atoms with E-state index in [1.165, 1.54) is 13.1 Å². The number of nitrogens with one attached hydrogen (secondary N) is 1. The van der Waals surface area contributed by atoms with Gasteiger partial charge in [0.05, 0.1) is 17.9 Å². The van der Waals surface area contributed by atoms with E-state index in [1.807, 2.05) is 0 Å². The zero-order valence-electron chi connectivity index (χ0n) is 11.4. The summed E-state index contributed by atoms with van der Waals surface area (Å²) in [4.78, 5) is 7.04. The zero-order chi connectivity index (χ0) is 14.7. The molecule has 1 unspecified atom stereocenters. The average molecular weight is 281 g/mol. The van der Waals surface area contributed by atoms with E-state index in [-0.39, 0.29) is 17.2 Å². The van der Waals surface area contributed by atoms with Crippen LogP contribution in [-0.4, -0.2) is 23.7 Å². The second-order valence-electron chi connectivity index (χ2n) is 4.65. The van der Waals surface area contributed by atoms with E-state index >= 15 is 0 Å². The molecule has 3 N–H and O–H groups in total. The summed E-state index contributed by atoms with van der Waals surface area (Å²) in [5.41, 5.74) is 6.74. The molecule has 0 amide bonds. The summed E-state index contributed by atoms with van der Waals surface area (Å²) in [6.07, 6.45) is 2.05. The van der Waals surface area contributed by atoms with E-state index in [0.29, 0.717) is 24.5 Å². The number of halogens is 2. The first-order valence-corrected chi connectivity index (χ1v) is 6.28. The summed E-state index contributed by atoms with van der Waals surface area (Å²) in [5.74, 6) is -0.428. The molecule has 0 spiro atoms. The number of benzene rings is 1. The Morgan fingerprint density at radius 3 is 2.80 bits per heavy atom. The molecular weight excluding hydrogens is 264 g/mol. The fraction of sp³-hybridized carbons (Fsp3) is 0.357.